The van der Waals surface area contributed by atoms with Crippen LogP contribution in [0.3, 0.4) is 0 Å². The van der Waals surface area contributed by atoms with Gasteiger partial charge in [-0.2, -0.15) is 0 Å². The predicted molar refractivity (Wildman–Crippen MR) is 48.6 cm³/mol. The molecule has 0 unspecified atom stereocenters. The molecule has 0 radical (unpaired) electrons. The Bertz CT molecular complexity index is 311. The molecule has 0 bridgehead atoms. The Labute approximate surface area is 76.8 Å². The van der Waals surface area contributed by atoms with E-state index in [4.69, 9.17) is 11.2 Å². The Balaban J connectivity index is 2.50. The van der Waals surface area contributed by atoms with Crippen LogP contribution in [-0.2, 0) is 0 Å². The summed E-state index contributed by atoms with van der Waals surface area (Å²) in [5.41, 5.74) is 0.532. The summed E-state index contributed by atoms with van der Waals surface area (Å²) in [6, 6.07) is 3.28. The molecule has 0 aliphatic heterocycles. The topological polar surface area (TPSA) is 39.2 Å². The number of hydrogen-bond donors (Lipinski definition) is 0. The third-order valence-corrected chi connectivity index (χ3v) is 1.39. The minimum Gasteiger partial charge on any atom is -0.477 e. The van der Waals surface area contributed by atoms with Crippen molar-refractivity contribution in [3.05, 3.63) is 23.9 Å². The van der Waals surface area contributed by atoms with Gasteiger partial charge in [0.2, 0.25) is 5.88 Å². The van der Waals surface area contributed by atoms with Gasteiger partial charge in [0.25, 0.3) is 0 Å². The van der Waals surface area contributed by atoms with Crippen molar-refractivity contribution in [2.45, 2.75) is 6.42 Å². The van der Waals surface area contributed by atoms with Crippen LogP contribution < -0.4 is 4.74 Å². The Kier molecular flexibility index (Phi) is 3.52. The summed E-state index contributed by atoms with van der Waals surface area (Å²) in [7, 11) is 0. The number of carbonyl (C=O) groups is 1. The van der Waals surface area contributed by atoms with E-state index in [1.165, 1.54) is 6.20 Å². The molecule has 0 aliphatic carbocycles. The number of hydrogen-bond acceptors (Lipinski definition) is 3. The number of aromatic nitrogens is 1. The molecule has 0 N–H and O–H groups in total. The highest BCUT2D eigenvalue weighted by molar-refractivity contribution is 5.73. The Morgan fingerprint density at radius 1 is 1.62 bits per heavy atom. The number of rotatable bonds is 4. The van der Waals surface area contributed by atoms with Gasteiger partial charge >= 0.3 is 0 Å². The summed E-state index contributed by atoms with van der Waals surface area (Å²) in [6.07, 6.45) is 7.79. The summed E-state index contributed by atoms with van der Waals surface area (Å²) in [5, 5.41) is 0. The second-order valence-electron chi connectivity index (χ2n) is 2.35. The van der Waals surface area contributed by atoms with Gasteiger partial charge in [0, 0.05) is 24.2 Å². The van der Waals surface area contributed by atoms with Crippen molar-refractivity contribution in [1.82, 2.24) is 4.98 Å². The van der Waals surface area contributed by atoms with Crippen LogP contribution in [0.2, 0.25) is 0 Å². The minimum atomic E-state index is 0.448. The molecule has 1 aromatic rings. The van der Waals surface area contributed by atoms with Crippen LogP contribution in [0.1, 0.15) is 16.8 Å². The van der Waals surface area contributed by atoms with Gasteiger partial charge in [-0.1, -0.05) is 0 Å². The van der Waals surface area contributed by atoms with Gasteiger partial charge in [0.05, 0.1) is 0 Å². The lowest BCUT2D eigenvalue weighted by Gasteiger charge is -2.01. The first kappa shape index (κ1) is 9.27. The number of nitrogens with zero attached hydrogens (tertiary/aromatic N) is 1. The summed E-state index contributed by atoms with van der Waals surface area (Å²) in [6.45, 7) is 0.448. The lowest BCUT2D eigenvalue weighted by atomic mass is 10.3. The van der Waals surface area contributed by atoms with Crippen molar-refractivity contribution in [1.29, 1.82) is 0 Å². The summed E-state index contributed by atoms with van der Waals surface area (Å²) >= 11 is 0. The molecule has 1 rings (SSSR count). The van der Waals surface area contributed by atoms with Gasteiger partial charge < -0.3 is 4.74 Å². The fraction of sp³-hybridized carbons (Fsp3) is 0.200. The first-order valence-electron chi connectivity index (χ1n) is 3.84. The zero-order chi connectivity index (χ0) is 9.52. The maximum atomic E-state index is 10.3. The van der Waals surface area contributed by atoms with Crippen molar-refractivity contribution in [3.63, 3.8) is 0 Å². The highest BCUT2D eigenvalue weighted by atomic mass is 16.5. The SMILES string of the molecule is C#CCCOc1ccc(C=O)cn1. The largest absolute Gasteiger partial charge is 0.477 e. The average molecular weight is 175 g/mol. The maximum Gasteiger partial charge on any atom is 0.213 e. The molecule has 1 heterocycles. The van der Waals surface area contributed by atoms with Crippen LogP contribution in [-0.4, -0.2) is 17.9 Å². The van der Waals surface area contributed by atoms with Gasteiger partial charge in [-0.05, 0) is 6.07 Å². The van der Waals surface area contributed by atoms with E-state index in [-0.39, 0.29) is 0 Å². The second-order valence-corrected chi connectivity index (χ2v) is 2.35. The van der Waals surface area contributed by atoms with Crippen LogP contribution in [0, 0.1) is 12.3 Å². The molecule has 0 amide bonds. The maximum absolute atomic E-state index is 10.3. The monoisotopic (exact) mass is 175 g/mol. The molecule has 1 aromatic heterocycles. The minimum absolute atomic E-state index is 0.448. The van der Waals surface area contributed by atoms with Gasteiger partial charge in [-0.15, -0.1) is 12.3 Å². The summed E-state index contributed by atoms with van der Waals surface area (Å²) in [5.74, 6) is 2.94. The van der Waals surface area contributed by atoms with Crippen LogP contribution in [0.5, 0.6) is 5.88 Å². The van der Waals surface area contributed by atoms with E-state index < -0.39 is 0 Å². The summed E-state index contributed by atoms with van der Waals surface area (Å²) < 4.78 is 5.18. The van der Waals surface area contributed by atoms with Crippen molar-refractivity contribution in [3.8, 4) is 18.2 Å². The molecule has 0 aliphatic rings. The molecular formula is C10H9NO2. The highest BCUT2D eigenvalue weighted by Gasteiger charge is 1.94. The molecule has 3 nitrogen and oxygen atoms in total. The first-order valence-corrected chi connectivity index (χ1v) is 3.84. The molecular weight excluding hydrogens is 166 g/mol. The van der Waals surface area contributed by atoms with Gasteiger partial charge in [-0.3, -0.25) is 4.79 Å². The number of pyridine rings is 1. The third-order valence-electron chi connectivity index (χ3n) is 1.39. The molecule has 0 saturated carbocycles. The van der Waals surface area contributed by atoms with Crippen LogP contribution in [0.25, 0.3) is 0 Å². The van der Waals surface area contributed by atoms with Crippen molar-refractivity contribution >= 4 is 6.29 Å². The lowest BCUT2D eigenvalue weighted by molar-refractivity contribution is 0.112. The first-order chi connectivity index (χ1) is 6.36. The molecule has 3 heteroatoms. The molecule has 0 atom stereocenters. The fourth-order valence-electron chi connectivity index (χ4n) is 0.761. The second kappa shape index (κ2) is 4.94. The van der Waals surface area contributed by atoms with E-state index in [0.29, 0.717) is 24.5 Å². The van der Waals surface area contributed by atoms with Crippen LogP contribution >= 0.6 is 0 Å². The average Bonchev–Trinajstić information content (AvgIpc) is 2.19. The Morgan fingerprint density at radius 2 is 2.46 bits per heavy atom. The number of aldehydes is 1. The fourth-order valence-corrected chi connectivity index (χ4v) is 0.761. The van der Waals surface area contributed by atoms with E-state index in [0.717, 1.165) is 6.29 Å². The Morgan fingerprint density at radius 3 is 3.00 bits per heavy atom. The van der Waals surface area contributed by atoms with Gasteiger partial charge in [-0.25, -0.2) is 4.98 Å². The van der Waals surface area contributed by atoms with Crippen LogP contribution in [0.4, 0.5) is 0 Å². The van der Waals surface area contributed by atoms with Crippen molar-refractivity contribution < 1.29 is 9.53 Å². The predicted octanol–water partition coefficient (Wildman–Crippen LogP) is 1.30. The molecule has 0 aromatic carbocycles. The Hall–Kier alpha value is -1.82. The molecule has 0 saturated heterocycles. The van der Waals surface area contributed by atoms with E-state index in [1.807, 2.05) is 0 Å². The zero-order valence-corrected chi connectivity index (χ0v) is 7.06. The van der Waals surface area contributed by atoms with Crippen molar-refractivity contribution in [2.24, 2.45) is 0 Å². The van der Waals surface area contributed by atoms with Gasteiger partial charge in [0.15, 0.2) is 6.29 Å². The van der Waals surface area contributed by atoms with Crippen LogP contribution in [0.15, 0.2) is 18.3 Å². The van der Waals surface area contributed by atoms with Crippen molar-refractivity contribution in [2.75, 3.05) is 6.61 Å². The summed E-state index contributed by atoms with van der Waals surface area (Å²) in [4.78, 5) is 14.2. The van der Waals surface area contributed by atoms with E-state index in [2.05, 4.69) is 10.9 Å². The normalized spacial score (nSPS) is 8.85. The smallest absolute Gasteiger partial charge is 0.213 e. The van der Waals surface area contributed by atoms with E-state index in [1.54, 1.807) is 12.1 Å². The van der Waals surface area contributed by atoms with E-state index in [9.17, 15) is 4.79 Å². The van der Waals surface area contributed by atoms with Gasteiger partial charge in [0.1, 0.15) is 6.61 Å². The highest BCUT2D eigenvalue weighted by Crippen LogP contribution is 2.05. The zero-order valence-electron chi connectivity index (χ0n) is 7.06. The molecule has 13 heavy (non-hydrogen) atoms. The number of carbonyl (C=O) groups excluding carboxylic acids is 1. The molecule has 66 valence electrons. The third kappa shape index (κ3) is 2.96. The molecule has 0 fully saturated rings. The lowest BCUT2D eigenvalue weighted by Crippen LogP contribution is -1.97. The number of terminal acetylenes is 1. The standard InChI is InChI=1S/C10H9NO2/c1-2-3-6-13-10-5-4-9(8-12)7-11-10/h1,4-5,7-8H,3,6H2. The van der Waals surface area contributed by atoms with E-state index >= 15 is 0 Å². The molecule has 0 spiro atoms. The quantitative estimate of drug-likeness (QED) is 0.393. The number of ether oxygens (including phenoxy) is 1.